The van der Waals surface area contributed by atoms with E-state index >= 15 is 0 Å². The molecule has 5 rings (SSSR count). The zero-order valence-electron chi connectivity index (χ0n) is 15.8. The number of hydrogen-bond acceptors (Lipinski definition) is 4. The highest BCUT2D eigenvalue weighted by atomic mass is 16.5. The molecule has 0 fully saturated rings. The van der Waals surface area contributed by atoms with Crippen LogP contribution in [0.1, 0.15) is 5.56 Å². The van der Waals surface area contributed by atoms with Crippen LogP contribution in [0.4, 0.5) is 0 Å². The molecule has 0 aliphatic rings. The smallest absolute Gasteiger partial charge is 0.261 e. The number of hydrogen-bond donors (Lipinski definition) is 1. The SMILES string of the molecule is COc1cccc(Cn2cnc3cc(-c4ccc5[nH]ncc5c4)ccc3c2=O)c1. The van der Waals surface area contributed by atoms with Crippen molar-refractivity contribution in [3.8, 4) is 16.9 Å². The van der Waals surface area contributed by atoms with Gasteiger partial charge in [-0.15, -0.1) is 0 Å². The number of benzene rings is 3. The largest absolute Gasteiger partial charge is 0.497 e. The predicted molar refractivity (Wildman–Crippen MR) is 113 cm³/mol. The fraction of sp³-hybridized carbons (Fsp3) is 0.0870. The molecule has 0 atom stereocenters. The molecule has 0 aliphatic heterocycles. The average molecular weight is 382 g/mol. The van der Waals surface area contributed by atoms with Crippen LogP contribution in [0.15, 0.2) is 78.0 Å². The normalized spacial score (nSPS) is 11.2. The van der Waals surface area contributed by atoms with Gasteiger partial charge < -0.3 is 4.74 Å². The third-order valence-electron chi connectivity index (χ3n) is 5.09. The molecule has 142 valence electrons. The summed E-state index contributed by atoms with van der Waals surface area (Å²) < 4.78 is 6.88. The lowest BCUT2D eigenvalue weighted by atomic mass is 10.0. The second kappa shape index (κ2) is 6.91. The summed E-state index contributed by atoms with van der Waals surface area (Å²) in [6, 6.07) is 19.6. The van der Waals surface area contributed by atoms with E-state index in [1.165, 1.54) is 0 Å². The van der Waals surface area contributed by atoms with Crippen molar-refractivity contribution in [2.45, 2.75) is 6.54 Å². The van der Waals surface area contributed by atoms with Gasteiger partial charge in [-0.2, -0.15) is 5.10 Å². The van der Waals surface area contributed by atoms with Crippen LogP contribution in [0.5, 0.6) is 5.75 Å². The van der Waals surface area contributed by atoms with Gasteiger partial charge in [0, 0.05) is 5.39 Å². The van der Waals surface area contributed by atoms with Gasteiger partial charge in [0.05, 0.1) is 42.6 Å². The Kier molecular flexibility index (Phi) is 4.09. The summed E-state index contributed by atoms with van der Waals surface area (Å²) in [5.41, 5.74) is 4.67. The molecular weight excluding hydrogens is 364 g/mol. The Bertz CT molecular complexity index is 1400. The van der Waals surface area contributed by atoms with Crippen LogP contribution < -0.4 is 10.3 Å². The summed E-state index contributed by atoms with van der Waals surface area (Å²) in [7, 11) is 1.63. The van der Waals surface area contributed by atoms with E-state index in [0.29, 0.717) is 17.4 Å². The number of fused-ring (bicyclic) bond motifs is 2. The van der Waals surface area contributed by atoms with Gasteiger partial charge in [-0.25, -0.2) is 4.98 Å². The molecule has 0 unspecified atom stereocenters. The Balaban J connectivity index is 1.52. The third-order valence-corrected chi connectivity index (χ3v) is 5.09. The minimum atomic E-state index is -0.0605. The molecule has 0 saturated heterocycles. The van der Waals surface area contributed by atoms with Gasteiger partial charge in [-0.05, 0) is 53.1 Å². The van der Waals surface area contributed by atoms with Gasteiger partial charge in [-0.3, -0.25) is 14.5 Å². The number of ether oxygens (including phenoxy) is 1. The maximum atomic E-state index is 13.0. The molecule has 2 heterocycles. The standard InChI is InChI=1S/C23H18N4O2/c1-29-19-4-2-3-15(9-19)13-27-14-24-22-11-17(5-7-20(22)23(27)28)16-6-8-21-18(10-16)12-25-26-21/h2-12,14H,13H2,1H3,(H,25,26). The molecule has 29 heavy (non-hydrogen) atoms. The van der Waals surface area contributed by atoms with Gasteiger partial charge >= 0.3 is 0 Å². The monoisotopic (exact) mass is 382 g/mol. The van der Waals surface area contributed by atoms with E-state index in [1.807, 2.05) is 54.6 Å². The van der Waals surface area contributed by atoms with Gasteiger partial charge in [0.15, 0.2) is 0 Å². The lowest BCUT2D eigenvalue weighted by Crippen LogP contribution is -2.21. The molecule has 5 aromatic rings. The van der Waals surface area contributed by atoms with Crippen molar-refractivity contribution in [2.24, 2.45) is 0 Å². The van der Waals surface area contributed by atoms with Crippen molar-refractivity contribution in [3.63, 3.8) is 0 Å². The zero-order valence-corrected chi connectivity index (χ0v) is 15.8. The Morgan fingerprint density at radius 2 is 1.90 bits per heavy atom. The summed E-state index contributed by atoms with van der Waals surface area (Å²) >= 11 is 0. The van der Waals surface area contributed by atoms with Crippen molar-refractivity contribution >= 4 is 21.8 Å². The maximum Gasteiger partial charge on any atom is 0.261 e. The maximum absolute atomic E-state index is 13.0. The van der Waals surface area contributed by atoms with Crippen LogP contribution >= 0.6 is 0 Å². The number of aromatic nitrogens is 4. The Morgan fingerprint density at radius 1 is 1.03 bits per heavy atom. The molecule has 6 nitrogen and oxygen atoms in total. The van der Waals surface area contributed by atoms with E-state index in [2.05, 4.69) is 21.2 Å². The first-order valence-electron chi connectivity index (χ1n) is 9.27. The molecule has 0 saturated carbocycles. The summed E-state index contributed by atoms with van der Waals surface area (Å²) in [5, 5.41) is 8.66. The Labute approximate surface area is 166 Å². The minimum absolute atomic E-state index is 0.0605. The third kappa shape index (κ3) is 3.14. The highest BCUT2D eigenvalue weighted by Crippen LogP contribution is 2.25. The Morgan fingerprint density at radius 3 is 2.79 bits per heavy atom. The number of nitrogens with one attached hydrogen (secondary N) is 1. The predicted octanol–water partition coefficient (Wildman–Crippen LogP) is 4.00. The molecule has 0 radical (unpaired) electrons. The molecule has 0 aliphatic carbocycles. The first-order valence-corrected chi connectivity index (χ1v) is 9.27. The van der Waals surface area contributed by atoms with Crippen molar-refractivity contribution in [3.05, 3.63) is 89.1 Å². The summed E-state index contributed by atoms with van der Waals surface area (Å²) in [6.45, 7) is 0.442. The molecule has 0 bridgehead atoms. The van der Waals surface area contributed by atoms with Gasteiger partial charge in [-0.1, -0.05) is 24.3 Å². The topological polar surface area (TPSA) is 72.8 Å². The van der Waals surface area contributed by atoms with Crippen molar-refractivity contribution in [1.29, 1.82) is 0 Å². The average Bonchev–Trinajstić information content (AvgIpc) is 3.23. The van der Waals surface area contributed by atoms with Gasteiger partial charge in [0.1, 0.15) is 5.75 Å². The zero-order chi connectivity index (χ0) is 19.8. The highest BCUT2D eigenvalue weighted by molar-refractivity contribution is 5.87. The number of aromatic amines is 1. The van der Waals surface area contributed by atoms with Crippen LogP contribution in [-0.2, 0) is 6.54 Å². The summed E-state index contributed by atoms with van der Waals surface area (Å²) in [6.07, 6.45) is 3.41. The van der Waals surface area contributed by atoms with Crippen LogP contribution in [-0.4, -0.2) is 26.9 Å². The number of methoxy groups -OCH3 is 1. The fourth-order valence-corrected chi connectivity index (χ4v) is 3.54. The van der Waals surface area contributed by atoms with E-state index in [4.69, 9.17) is 4.74 Å². The van der Waals surface area contributed by atoms with E-state index in [9.17, 15) is 4.79 Å². The highest BCUT2D eigenvalue weighted by Gasteiger charge is 2.08. The second-order valence-electron chi connectivity index (χ2n) is 6.93. The quantitative estimate of drug-likeness (QED) is 0.510. The van der Waals surface area contributed by atoms with Crippen LogP contribution in [0.25, 0.3) is 32.9 Å². The summed E-state index contributed by atoms with van der Waals surface area (Å²) in [4.78, 5) is 17.5. The molecular formula is C23H18N4O2. The van der Waals surface area contributed by atoms with Crippen molar-refractivity contribution in [1.82, 2.24) is 19.7 Å². The van der Waals surface area contributed by atoms with Crippen LogP contribution in [0, 0.1) is 0 Å². The van der Waals surface area contributed by atoms with Crippen molar-refractivity contribution in [2.75, 3.05) is 7.11 Å². The molecule has 0 spiro atoms. The molecule has 2 aromatic heterocycles. The van der Waals surface area contributed by atoms with E-state index in [1.54, 1.807) is 24.2 Å². The Hall–Kier alpha value is -3.93. The summed E-state index contributed by atoms with van der Waals surface area (Å²) in [5.74, 6) is 0.767. The van der Waals surface area contributed by atoms with E-state index in [-0.39, 0.29) is 5.56 Å². The minimum Gasteiger partial charge on any atom is -0.497 e. The molecule has 3 aromatic carbocycles. The lowest BCUT2D eigenvalue weighted by Gasteiger charge is -2.09. The molecule has 0 amide bonds. The second-order valence-corrected chi connectivity index (χ2v) is 6.93. The first kappa shape index (κ1) is 17.2. The van der Waals surface area contributed by atoms with Crippen LogP contribution in [0.2, 0.25) is 0 Å². The molecule has 1 N–H and O–H groups in total. The first-order chi connectivity index (χ1) is 14.2. The van der Waals surface area contributed by atoms with Gasteiger partial charge in [0.2, 0.25) is 0 Å². The number of nitrogens with zero attached hydrogens (tertiary/aromatic N) is 3. The van der Waals surface area contributed by atoms with Crippen LogP contribution in [0.3, 0.4) is 0 Å². The number of rotatable bonds is 4. The van der Waals surface area contributed by atoms with E-state index < -0.39 is 0 Å². The lowest BCUT2D eigenvalue weighted by molar-refractivity contribution is 0.414. The van der Waals surface area contributed by atoms with Crippen molar-refractivity contribution < 1.29 is 4.74 Å². The fourth-order valence-electron chi connectivity index (χ4n) is 3.54. The number of H-pyrrole nitrogens is 1. The molecule has 6 heteroatoms. The van der Waals surface area contributed by atoms with Gasteiger partial charge in [0.25, 0.3) is 5.56 Å². The van der Waals surface area contributed by atoms with E-state index in [0.717, 1.165) is 33.3 Å².